The zero-order chi connectivity index (χ0) is 20.7. The van der Waals surface area contributed by atoms with E-state index in [0.29, 0.717) is 22.0 Å². The van der Waals surface area contributed by atoms with Gasteiger partial charge in [0.1, 0.15) is 5.75 Å². The van der Waals surface area contributed by atoms with E-state index in [2.05, 4.69) is 5.32 Å². The van der Waals surface area contributed by atoms with Crippen molar-refractivity contribution in [3.63, 3.8) is 0 Å². The number of benzene rings is 2. The molecule has 1 amide bonds. The van der Waals surface area contributed by atoms with Crippen LogP contribution in [0.5, 0.6) is 5.75 Å². The van der Waals surface area contributed by atoms with Crippen molar-refractivity contribution >= 4 is 34.9 Å². The Labute approximate surface area is 168 Å². The molecular formula is C21H22ClNO5. The second-order valence-corrected chi connectivity index (χ2v) is 7.54. The van der Waals surface area contributed by atoms with Gasteiger partial charge in [-0.3, -0.25) is 9.59 Å². The summed E-state index contributed by atoms with van der Waals surface area (Å²) in [5, 5.41) is 3.33. The van der Waals surface area contributed by atoms with Crippen LogP contribution >= 0.6 is 11.6 Å². The van der Waals surface area contributed by atoms with Crippen LogP contribution in [0.25, 0.3) is 0 Å². The number of Topliss-reactive ketones (excluding diaryl/α,β-unsaturated/α-hetero) is 1. The van der Waals surface area contributed by atoms with Gasteiger partial charge in [-0.2, -0.15) is 0 Å². The number of halogens is 1. The summed E-state index contributed by atoms with van der Waals surface area (Å²) in [4.78, 5) is 35.8. The molecule has 0 spiro atoms. The summed E-state index contributed by atoms with van der Waals surface area (Å²) < 4.78 is 10.2. The van der Waals surface area contributed by atoms with E-state index in [1.54, 1.807) is 48.5 Å². The average Bonchev–Trinajstić information content (AvgIpc) is 2.65. The maximum Gasteiger partial charge on any atom is 0.344 e. The Bertz CT molecular complexity index is 839. The van der Waals surface area contributed by atoms with Crippen molar-refractivity contribution in [3.05, 3.63) is 59.1 Å². The first-order valence-electron chi connectivity index (χ1n) is 8.64. The topological polar surface area (TPSA) is 81.7 Å². The van der Waals surface area contributed by atoms with E-state index in [9.17, 15) is 14.4 Å². The van der Waals surface area contributed by atoms with Gasteiger partial charge in [-0.15, -0.1) is 0 Å². The third kappa shape index (κ3) is 6.70. The highest BCUT2D eigenvalue weighted by atomic mass is 35.5. The summed E-state index contributed by atoms with van der Waals surface area (Å²) in [7, 11) is 0. The second kappa shape index (κ2) is 9.37. The Hall–Kier alpha value is -2.86. The van der Waals surface area contributed by atoms with Crippen LogP contribution in [0.4, 0.5) is 5.69 Å². The molecule has 0 radical (unpaired) electrons. The summed E-state index contributed by atoms with van der Waals surface area (Å²) in [6, 6.07) is 12.9. The number of carbonyl (C=O) groups is 3. The Morgan fingerprint density at radius 1 is 0.929 bits per heavy atom. The van der Waals surface area contributed by atoms with E-state index in [0.717, 1.165) is 0 Å². The van der Waals surface area contributed by atoms with Crippen LogP contribution < -0.4 is 10.1 Å². The van der Waals surface area contributed by atoms with Gasteiger partial charge in [0.15, 0.2) is 19.0 Å². The largest absolute Gasteiger partial charge is 0.482 e. The van der Waals surface area contributed by atoms with Gasteiger partial charge in [-0.25, -0.2) is 4.79 Å². The third-order valence-corrected chi connectivity index (χ3v) is 3.93. The molecule has 0 aliphatic heterocycles. The number of hydrogen-bond acceptors (Lipinski definition) is 5. The lowest BCUT2D eigenvalue weighted by Crippen LogP contribution is -2.27. The number of hydrogen-bond donors (Lipinski definition) is 1. The van der Waals surface area contributed by atoms with Gasteiger partial charge in [0.2, 0.25) is 5.91 Å². The van der Waals surface area contributed by atoms with Gasteiger partial charge in [-0.05, 0) is 48.5 Å². The Kier molecular flexibility index (Phi) is 7.18. The molecule has 1 N–H and O–H groups in total. The van der Waals surface area contributed by atoms with Crippen LogP contribution in [0.15, 0.2) is 48.5 Å². The highest BCUT2D eigenvalue weighted by Gasteiger charge is 2.21. The van der Waals surface area contributed by atoms with Crippen molar-refractivity contribution in [1.29, 1.82) is 0 Å². The molecule has 7 heteroatoms. The summed E-state index contributed by atoms with van der Waals surface area (Å²) in [6.45, 7) is 4.73. The molecule has 0 saturated carbocycles. The molecule has 6 nitrogen and oxygen atoms in total. The van der Waals surface area contributed by atoms with Crippen molar-refractivity contribution in [2.75, 3.05) is 18.5 Å². The quantitative estimate of drug-likeness (QED) is 0.555. The lowest BCUT2D eigenvalue weighted by molar-refractivity contribution is -0.144. The summed E-state index contributed by atoms with van der Waals surface area (Å²) >= 11 is 5.77. The van der Waals surface area contributed by atoms with E-state index < -0.39 is 18.0 Å². The minimum absolute atomic E-state index is 0.124. The molecule has 0 heterocycles. The minimum Gasteiger partial charge on any atom is -0.482 e. The van der Waals surface area contributed by atoms with Crippen LogP contribution in [-0.2, 0) is 14.3 Å². The fraction of sp³-hybridized carbons (Fsp3) is 0.286. The van der Waals surface area contributed by atoms with Crippen LogP contribution in [0.1, 0.15) is 31.1 Å². The maximum atomic E-state index is 12.1. The van der Waals surface area contributed by atoms with Gasteiger partial charge >= 0.3 is 5.97 Å². The van der Waals surface area contributed by atoms with Crippen LogP contribution in [0.3, 0.4) is 0 Å². The fourth-order valence-electron chi connectivity index (χ4n) is 2.00. The predicted molar refractivity (Wildman–Crippen MR) is 107 cm³/mol. The predicted octanol–water partition coefficient (Wildman–Crippen LogP) is 4.13. The van der Waals surface area contributed by atoms with Crippen molar-refractivity contribution in [3.8, 4) is 5.75 Å². The first kappa shape index (κ1) is 21.4. The average molecular weight is 404 g/mol. The molecule has 2 rings (SSSR count). The molecule has 0 aromatic heterocycles. The molecule has 0 unspecified atom stereocenters. The number of nitrogens with one attached hydrogen (secondary N) is 1. The van der Waals surface area contributed by atoms with Gasteiger partial charge < -0.3 is 14.8 Å². The standard InChI is InChI=1S/C21H22ClNO5/c1-21(2,3)20(26)23-16-8-4-14(5-9-16)18(24)12-28-19(25)13-27-17-10-6-15(22)7-11-17/h4-11H,12-13H2,1-3H3,(H,23,26). The summed E-state index contributed by atoms with van der Waals surface area (Å²) in [5.41, 5.74) is 0.446. The summed E-state index contributed by atoms with van der Waals surface area (Å²) in [5.74, 6) is -0.660. The van der Waals surface area contributed by atoms with Gasteiger partial charge in [0.05, 0.1) is 0 Å². The highest BCUT2D eigenvalue weighted by Crippen LogP contribution is 2.18. The zero-order valence-electron chi connectivity index (χ0n) is 16.0. The Morgan fingerprint density at radius 2 is 1.54 bits per heavy atom. The van der Waals surface area contributed by atoms with E-state index in [4.69, 9.17) is 21.1 Å². The molecule has 2 aromatic rings. The van der Waals surface area contributed by atoms with Gasteiger partial charge in [0.25, 0.3) is 0 Å². The third-order valence-electron chi connectivity index (χ3n) is 3.68. The number of amides is 1. The van der Waals surface area contributed by atoms with E-state index in [1.807, 2.05) is 20.8 Å². The molecule has 28 heavy (non-hydrogen) atoms. The number of carbonyl (C=O) groups excluding carboxylic acids is 3. The molecule has 0 atom stereocenters. The van der Waals surface area contributed by atoms with Crippen LogP contribution in [-0.4, -0.2) is 30.9 Å². The lowest BCUT2D eigenvalue weighted by Gasteiger charge is -2.17. The molecule has 2 aromatic carbocycles. The van der Waals surface area contributed by atoms with Crippen LogP contribution in [0.2, 0.25) is 5.02 Å². The normalized spacial score (nSPS) is 10.9. The Balaban J connectivity index is 1.79. The van der Waals surface area contributed by atoms with Crippen molar-refractivity contribution < 1.29 is 23.9 Å². The SMILES string of the molecule is CC(C)(C)C(=O)Nc1ccc(C(=O)COC(=O)COc2ccc(Cl)cc2)cc1. The first-order valence-corrected chi connectivity index (χ1v) is 9.01. The number of ether oxygens (including phenoxy) is 2. The second-order valence-electron chi connectivity index (χ2n) is 7.11. The molecule has 148 valence electrons. The lowest BCUT2D eigenvalue weighted by atomic mass is 9.95. The minimum atomic E-state index is -0.655. The van der Waals surface area contributed by atoms with Crippen molar-refractivity contribution in [2.45, 2.75) is 20.8 Å². The molecule has 0 saturated heterocycles. The molecule has 0 fully saturated rings. The molecule has 0 bridgehead atoms. The summed E-state index contributed by atoms with van der Waals surface area (Å²) in [6.07, 6.45) is 0. The zero-order valence-corrected chi connectivity index (χ0v) is 16.7. The van der Waals surface area contributed by atoms with E-state index >= 15 is 0 Å². The van der Waals surface area contributed by atoms with E-state index in [1.165, 1.54) is 0 Å². The number of anilines is 1. The Morgan fingerprint density at radius 3 is 2.11 bits per heavy atom. The fourth-order valence-corrected chi connectivity index (χ4v) is 2.13. The van der Waals surface area contributed by atoms with Crippen molar-refractivity contribution in [1.82, 2.24) is 0 Å². The first-order chi connectivity index (χ1) is 13.1. The molecule has 0 aliphatic rings. The highest BCUT2D eigenvalue weighted by molar-refractivity contribution is 6.30. The molecule has 0 aliphatic carbocycles. The number of rotatable bonds is 7. The number of esters is 1. The van der Waals surface area contributed by atoms with Crippen LogP contribution in [0, 0.1) is 5.41 Å². The van der Waals surface area contributed by atoms with E-state index in [-0.39, 0.29) is 18.3 Å². The van der Waals surface area contributed by atoms with Gasteiger partial charge in [0, 0.05) is 21.7 Å². The molecular weight excluding hydrogens is 382 g/mol. The van der Waals surface area contributed by atoms with Crippen molar-refractivity contribution in [2.24, 2.45) is 5.41 Å². The smallest absolute Gasteiger partial charge is 0.344 e. The number of ketones is 1. The van der Waals surface area contributed by atoms with Gasteiger partial charge in [-0.1, -0.05) is 32.4 Å². The monoisotopic (exact) mass is 403 g/mol. The maximum absolute atomic E-state index is 12.1.